The van der Waals surface area contributed by atoms with Crippen molar-refractivity contribution in [1.82, 2.24) is 4.98 Å². The molecule has 4 heteroatoms. The van der Waals surface area contributed by atoms with Gasteiger partial charge in [-0.1, -0.05) is 52.0 Å². The summed E-state index contributed by atoms with van der Waals surface area (Å²) in [5.41, 5.74) is 1.99. The van der Waals surface area contributed by atoms with Crippen LogP contribution in [0.5, 0.6) is 0 Å². The highest BCUT2D eigenvalue weighted by molar-refractivity contribution is 6.08. The van der Waals surface area contributed by atoms with Gasteiger partial charge in [-0.15, -0.1) is 0 Å². The molecular formula is C22H21FN2O. The molecule has 2 aromatic carbocycles. The van der Waals surface area contributed by atoms with Crippen molar-refractivity contribution < 1.29 is 9.18 Å². The van der Waals surface area contributed by atoms with Crippen LogP contribution in [0, 0.1) is 11.2 Å². The van der Waals surface area contributed by atoms with Crippen molar-refractivity contribution in [3.63, 3.8) is 0 Å². The van der Waals surface area contributed by atoms with Gasteiger partial charge >= 0.3 is 0 Å². The quantitative estimate of drug-likeness (QED) is 0.593. The zero-order valence-electron chi connectivity index (χ0n) is 15.4. The molecule has 0 spiro atoms. The molecule has 0 radical (unpaired) electrons. The largest absolute Gasteiger partial charge is 0.279 e. The first-order chi connectivity index (χ1) is 12.2. The number of fused-ring (bicyclic) bond motifs is 2. The number of anilines is 2. The van der Waals surface area contributed by atoms with E-state index in [9.17, 15) is 9.18 Å². The van der Waals surface area contributed by atoms with Gasteiger partial charge < -0.3 is 0 Å². The van der Waals surface area contributed by atoms with E-state index in [1.54, 1.807) is 17.2 Å². The molecule has 4 rings (SSSR count). The topological polar surface area (TPSA) is 33.2 Å². The Balaban J connectivity index is 2.00. The highest BCUT2D eigenvalue weighted by Gasteiger charge is 2.52. The van der Waals surface area contributed by atoms with Gasteiger partial charge in [-0.05, 0) is 29.8 Å². The van der Waals surface area contributed by atoms with E-state index in [0.29, 0.717) is 11.4 Å². The van der Waals surface area contributed by atoms with Crippen LogP contribution in [0.15, 0.2) is 54.7 Å². The second-order valence-corrected chi connectivity index (χ2v) is 7.94. The minimum Gasteiger partial charge on any atom is -0.279 e. The summed E-state index contributed by atoms with van der Waals surface area (Å²) in [6.07, 6.45) is 1.68. The average molecular weight is 348 g/mol. The van der Waals surface area contributed by atoms with Crippen LogP contribution >= 0.6 is 0 Å². The van der Waals surface area contributed by atoms with Crippen molar-refractivity contribution in [2.75, 3.05) is 4.90 Å². The summed E-state index contributed by atoms with van der Waals surface area (Å²) in [4.78, 5) is 19.5. The Morgan fingerprint density at radius 3 is 2.46 bits per heavy atom. The molecule has 0 unspecified atom stereocenters. The van der Waals surface area contributed by atoms with E-state index in [2.05, 4.69) is 4.98 Å². The van der Waals surface area contributed by atoms with E-state index in [1.807, 2.05) is 58.0 Å². The van der Waals surface area contributed by atoms with E-state index in [0.717, 1.165) is 16.5 Å². The highest BCUT2D eigenvalue weighted by Crippen LogP contribution is 2.52. The van der Waals surface area contributed by atoms with Gasteiger partial charge in [0.1, 0.15) is 5.82 Å². The van der Waals surface area contributed by atoms with Gasteiger partial charge in [0.05, 0.1) is 28.5 Å². The summed E-state index contributed by atoms with van der Waals surface area (Å²) in [5.74, 6) is -0.413. The van der Waals surface area contributed by atoms with Crippen molar-refractivity contribution in [3.05, 3.63) is 66.1 Å². The molecule has 0 aliphatic carbocycles. The number of hydrogen-bond acceptors (Lipinski definition) is 2. The molecule has 1 aliphatic rings. The summed E-state index contributed by atoms with van der Waals surface area (Å²) in [6, 6.07) is 14.4. The number of rotatable bonds is 1. The van der Waals surface area contributed by atoms with Crippen LogP contribution in [0.4, 0.5) is 15.8 Å². The molecule has 0 atom stereocenters. The molecule has 0 saturated heterocycles. The first kappa shape index (κ1) is 16.7. The predicted molar refractivity (Wildman–Crippen MR) is 102 cm³/mol. The van der Waals surface area contributed by atoms with E-state index in [1.165, 1.54) is 12.1 Å². The Labute approximate surface area is 152 Å². The van der Waals surface area contributed by atoms with Gasteiger partial charge in [0.2, 0.25) is 5.91 Å². The van der Waals surface area contributed by atoms with Crippen LogP contribution in [-0.4, -0.2) is 10.9 Å². The van der Waals surface area contributed by atoms with Crippen LogP contribution in [0.1, 0.15) is 33.3 Å². The summed E-state index contributed by atoms with van der Waals surface area (Å²) >= 11 is 0. The molecule has 1 aromatic heterocycles. The van der Waals surface area contributed by atoms with Crippen LogP contribution in [0.3, 0.4) is 0 Å². The van der Waals surface area contributed by atoms with Gasteiger partial charge in [0.15, 0.2) is 0 Å². The maximum absolute atomic E-state index is 14.1. The maximum Gasteiger partial charge on any atom is 0.238 e. The smallest absolute Gasteiger partial charge is 0.238 e. The first-order valence-electron chi connectivity index (χ1n) is 8.73. The normalized spacial score (nSPS) is 18.0. The summed E-state index contributed by atoms with van der Waals surface area (Å²) < 4.78 is 14.1. The number of carbonyl (C=O) groups is 1. The zero-order chi connectivity index (χ0) is 18.7. The third-order valence-corrected chi connectivity index (χ3v) is 6.01. The number of hydrogen-bond donors (Lipinski definition) is 0. The van der Waals surface area contributed by atoms with Crippen molar-refractivity contribution in [2.24, 2.45) is 5.41 Å². The van der Waals surface area contributed by atoms with Crippen LogP contribution in [0.25, 0.3) is 10.9 Å². The Kier molecular flexibility index (Phi) is 3.45. The van der Waals surface area contributed by atoms with Gasteiger partial charge in [-0.2, -0.15) is 0 Å². The van der Waals surface area contributed by atoms with E-state index in [4.69, 9.17) is 0 Å². The molecular weight excluding hydrogens is 327 g/mol. The molecule has 0 N–H and O–H groups in total. The predicted octanol–water partition coefficient (Wildman–Crippen LogP) is 5.36. The van der Waals surface area contributed by atoms with Crippen molar-refractivity contribution >= 4 is 28.2 Å². The van der Waals surface area contributed by atoms with E-state index in [-0.39, 0.29) is 11.7 Å². The minimum absolute atomic E-state index is 0.0577. The second-order valence-electron chi connectivity index (χ2n) is 7.94. The Hall–Kier alpha value is -2.75. The summed E-state index contributed by atoms with van der Waals surface area (Å²) in [6.45, 7) is 7.97. The van der Waals surface area contributed by atoms with Gasteiger partial charge in [0, 0.05) is 10.8 Å². The summed E-state index contributed by atoms with van der Waals surface area (Å²) in [5, 5.41) is 0.943. The fraction of sp³-hybridized carbons (Fsp3) is 0.273. The lowest BCUT2D eigenvalue weighted by Crippen LogP contribution is -2.53. The molecule has 1 amide bonds. The maximum atomic E-state index is 14.1. The average Bonchev–Trinajstić information content (AvgIpc) is 2.60. The first-order valence-corrected chi connectivity index (χ1v) is 8.73. The Bertz CT molecular complexity index is 1040. The number of halogens is 1. The monoisotopic (exact) mass is 348 g/mol. The van der Waals surface area contributed by atoms with E-state index < -0.39 is 10.8 Å². The standard InChI is InChI=1S/C22H21FN2O/c1-21(2)17-10-9-15(23)12-19(17)25(20(26)22(21,3)4)16-11-14-7-5-6-8-18(14)24-13-16/h5-13H,1-4H3. The zero-order valence-corrected chi connectivity index (χ0v) is 15.4. The third kappa shape index (κ3) is 2.18. The lowest BCUT2D eigenvalue weighted by molar-refractivity contribution is -0.129. The van der Waals surface area contributed by atoms with Gasteiger partial charge in [-0.25, -0.2) is 4.39 Å². The number of benzene rings is 2. The molecule has 1 aliphatic heterocycles. The second kappa shape index (κ2) is 5.37. The lowest BCUT2D eigenvalue weighted by atomic mass is 9.61. The SMILES string of the molecule is CC1(C)C(=O)N(c2cnc3ccccc3c2)c2cc(F)ccc2C1(C)C. The molecule has 26 heavy (non-hydrogen) atoms. The van der Waals surface area contributed by atoms with Crippen LogP contribution < -0.4 is 4.90 Å². The number of amides is 1. The lowest BCUT2D eigenvalue weighted by Gasteiger charge is -2.49. The molecule has 0 fully saturated rings. The molecule has 3 aromatic rings. The van der Waals surface area contributed by atoms with Crippen LogP contribution in [-0.2, 0) is 10.2 Å². The summed E-state index contributed by atoms with van der Waals surface area (Å²) in [7, 11) is 0. The molecule has 0 bridgehead atoms. The van der Waals surface area contributed by atoms with Crippen LogP contribution in [0.2, 0.25) is 0 Å². The molecule has 3 nitrogen and oxygen atoms in total. The number of carbonyl (C=O) groups excluding carboxylic acids is 1. The van der Waals surface area contributed by atoms with E-state index >= 15 is 0 Å². The highest BCUT2D eigenvalue weighted by atomic mass is 19.1. The number of nitrogens with zero attached hydrogens (tertiary/aromatic N) is 2. The van der Waals surface area contributed by atoms with Gasteiger partial charge in [-0.3, -0.25) is 14.7 Å². The number of aromatic nitrogens is 1. The fourth-order valence-corrected chi connectivity index (χ4v) is 3.65. The van der Waals surface area contributed by atoms with Crippen molar-refractivity contribution in [2.45, 2.75) is 33.1 Å². The minimum atomic E-state index is -0.649. The number of para-hydroxylation sites is 1. The molecule has 0 saturated carbocycles. The fourth-order valence-electron chi connectivity index (χ4n) is 3.65. The third-order valence-electron chi connectivity index (χ3n) is 6.01. The van der Waals surface area contributed by atoms with Crippen molar-refractivity contribution in [1.29, 1.82) is 0 Å². The molecule has 2 heterocycles. The van der Waals surface area contributed by atoms with Crippen molar-refractivity contribution in [3.8, 4) is 0 Å². The Morgan fingerprint density at radius 1 is 0.962 bits per heavy atom. The van der Waals surface area contributed by atoms with Gasteiger partial charge in [0.25, 0.3) is 0 Å². The Morgan fingerprint density at radius 2 is 1.69 bits per heavy atom. The number of pyridine rings is 1. The molecule has 132 valence electrons.